The molecule has 1 aromatic carbocycles. The molecule has 3 atom stereocenters. The summed E-state index contributed by atoms with van der Waals surface area (Å²) in [5.41, 5.74) is 0.230. The molecule has 2 fully saturated rings. The van der Waals surface area contributed by atoms with Crippen molar-refractivity contribution in [3.63, 3.8) is 0 Å². The number of hydrogen-bond donors (Lipinski definition) is 1. The molecule has 21 heavy (non-hydrogen) atoms. The van der Waals surface area contributed by atoms with E-state index < -0.39 is 11.6 Å². The SMILES string of the molecule is CCNC(c1c(F)cccc1F)C1CC2CCC(C1)N2C. The van der Waals surface area contributed by atoms with E-state index in [-0.39, 0.29) is 11.6 Å². The summed E-state index contributed by atoms with van der Waals surface area (Å²) in [6, 6.07) is 5.11. The summed E-state index contributed by atoms with van der Waals surface area (Å²) >= 11 is 0. The van der Waals surface area contributed by atoms with Crippen LogP contribution in [0.4, 0.5) is 8.78 Å². The van der Waals surface area contributed by atoms with Crippen molar-refractivity contribution < 1.29 is 8.78 Å². The Balaban J connectivity index is 1.89. The van der Waals surface area contributed by atoms with Crippen LogP contribution >= 0.6 is 0 Å². The molecule has 2 bridgehead atoms. The smallest absolute Gasteiger partial charge is 0.130 e. The fraction of sp³-hybridized carbons (Fsp3) is 0.647. The molecule has 0 saturated carbocycles. The molecule has 1 N–H and O–H groups in total. The maximum absolute atomic E-state index is 14.2. The van der Waals surface area contributed by atoms with Gasteiger partial charge in [-0.3, -0.25) is 0 Å². The molecule has 0 aromatic heterocycles. The summed E-state index contributed by atoms with van der Waals surface area (Å²) in [6.07, 6.45) is 4.49. The first-order valence-corrected chi connectivity index (χ1v) is 8.01. The zero-order chi connectivity index (χ0) is 15.0. The molecule has 2 heterocycles. The summed E-state index contributed by atoms with van der Waals surface area (Å²) in [5.74, 6) is -0.537. The van der Waals surface area contributed by atoms with Gasteiger partial charge in [0.15, 0.2) is 0 Å². The second kappa shape index (κ2) is 6.01. The third kappa shape index (κ3) is 2.71. The molecule has 2 saturated heterocycles. The van der Waals surface area contributed by atoms with Crippen molar-refractivity contribution in [1.29, 1.82) is 0 Å². The lowest BCUT2D eigenvalue weighted by Crippen LogP contribution is -2.44. The Bertz CT molecular complexity index is 471. The lowest BCUT2D eigenvalue weighted by molar-refractivity contribution is 0.111. The maximum Gasteiger partial charge on any atom is 0.130 e. The van der Waals surface area contributed by atoms with E-state index >= 15 is 0 Å². The third-order valence-electron chi connectivity index (χ3n) is 5.34. The van der Waals surface area contributed by atoms with Gasteiger partial charge in [0.25, 0.3) is 0 Å². The average molecular weight is 294 g/mol. The average Bonchev–Trinajstić information content (AvgIpc) is 2.68. The minimum atomic E-state index is -0.424. The number of benzene rings is 1. The van der Waals surface area contributed by atoms with E-state index in [9.17, 15) is 8.78 Å². The van der Waals surface area contributed by atoms with Gasteiger partial charge < -0.3 is 10.2 Å². The number of piperidine rings is 1. The van der Waals surface area contributed by atoms with Crippen molar-refractivity contribution >= 4 is 0 Å². The van der Waals surface area contributed by atoms with Crippen LogP contribution in [0, 0.1) is 17.6 Å². The molecule has 1 aromatic rings. The molecule has 4 heteroatoms. The minimum absolute atomic E-state index is 0.215. The number of hydrogen-bond acceptors (Lipinski definition) is 2. The Morgan fingerprint density at radius 2 is 1.76 bits per heavy atom. The highest BCUT2D eigenvalue weighted by molar-refractivity contribution is 5.24. The highest BCUT2D eigenvalue weighted by atomic mass is 19.1. The summed E-state index contributed by atoms with van der Waals surface area (Å²) in [4.78, 5) is 2.46. The van der Waals surface area contributed by atoms with Gasteiger partial charge in [-0.25, -0.2) is 8.78 Å². The van der Waals surface area contributed by atoms with Crippen molar-refractivity contribution in [2.45, 2.75) is 50.7 Å². The minimum Gasteiger partial charge on any atom is -0.310 e. The summed E-state index contributed by atoms with van der Waals surface area (Å²) in [6.45, 7) is 2.72. The Kier molecular flexibility index (Phi) is 4.27. The highest BCUT2D eigenvalue weighted by Gasteiger charge is 2.42. The highest BCUT2D eigenvalue weighted by Crippen LogP contribution is 2.43. The van der Waals surface area contributed by atoms with E-state index in [1.165, 1.54) is 31.0 Å². The standard InChI is InChI=1S/C17H24F2N2/c1-3-20-17(16-14(18)5-4-6-15(16)19)11-9-12-7-8-13(10-11)21(12)2/h4-6,11-13,17,20H,3,7-10H2,1-2H3. The fourth-order valence-electron chi connectivity index (χ4n) is 4.26. The lowest BCUT2D eigenvalue weighted by atomic mass is 9.81. The van der Waals surface area contributed by atoms with Gasteiger partial charge in [0.2, 0.25) is 0 Å². The van der Waals surface area contributed by atoms with Crippen molar-refractivity contribution in [1.82, 2.24) is 10.2 Å². The van der Waals surface area contributed by atoms with Gasteiger partial charge in [-0.2, -0.15) is 0 Å². The van der Waals surface area contributed by atoms with E-state index in [1.54, 1.807) is 0 Å². The second-order valence-electron chi connectivity index (χ2n) is 6.45. The van der Waals surface area contributed by atoms with Gasteiger partial charge in [0.1, 0.15) is 11.6 Å². The molecule has 3 rings (SSSR count). The van der Waals surface area contributed by atoms with E-state index in [4.69, 9.17) is 0 Å². The first kappa shape index (κ1) is 14.9. The van der Waals surface area contributed by atoms with Crippen LogP contribution in [0.2, 0.25) is 0 Å². The van der Waals surface area contributed by atoms with Crippen LogP contribution in [0.15, 0.2) is 18.2 Å². The van der Waals surface area contributed by atoms with Crippen LogP contribution in [-0.4, -0.2) is 30.6 Å². The Hall–Kier alpha value is -1.00. The molecule has 0 radical (unpaired) electrons. The maximum atomic E-state index is 14.2. The van der Waals surface area contributed by atoms with Crippen LogP contribution in [0.1, 0.15) is 44.2 Å². The zero-order valence-corrected chi connectivity index (χ0v) is 12.8. The van der Waals surface area contributed by atoms with Gasteiger partial charge in [-0.1, -0.05) is 13.0 Å². The van der Waals surface area contributed by atoms with E-state index in [2.05, 4.69) is 17.3 Å². The third-order valence-corrected chi connectivity index (χ3v) is 5.34. The van der Waals surface area contributed by atoms with Crippen LogP contribution in [0.3, 0.4) is 0 Å². The zero-order valence-electron chi connectivity index (χ0n) is 12.8. The molecule has 2 aliphatic heterocycles. The number of halogens is 2. The van der Waals surface area contributed by atoms with Crippen molar-refractivity contribution in [2.24, 2.45) is 5.92 Å². The van der Waals surface area contributed by atoms with Crippen molar-refractivity contribution in [2.75, 3.05) is 13.6 Å². The molecule has 2 nitrogen and oxygen atoms in total. The quantitative estimate of drug-likeness (QED) is 0.914. The van der Waals surface area contributed by atoms with Crippen LogP contribution < -0.4 is 5.32 Å². The largest absolute Gasteiger partial charge is 0.310 e. The molecular formula is C17H24F2N2. The number of nitrogens with zero attached hydrogens (tertiary/aromatic N) is 1. The van der Waals surface area contributed by atoms with E-state index in [0.29, 0.717) is 18.0 Å². The first-order chi connectivity index (χ1) is 10.1. The topological polar surface area (TPSA) is 15.3 Å². The van der Waals surface area contributed by atoms with Gasteiger partial charge in [0.05, 0.1) is 0 Å². The Morgan fingerprint density at radius 3 is 2.29 bits per heavy atom. The van der Waals surface area contributed by atoms with Crippen LogP contribution in [-0.2, 0) is 0 Å². The normalized spacial score (nSPS) is 30.6. The van der Waals surface area contributed by atoms with Gasteiger partial charge >= 0.3 is 0 Å². The number of fused-ring (bicyclic) bond motifs is 2. The first-order valence-electron chi connectivity index (χ1n) is 8.01. The molecule has 0 aliphatic carbocycles. The molecule has 3 unspecified atom stereocenters. The fourth-order valence-corrected chi connectivity index (χ4v) is 4.26. The number of nitrogens with one attached hydrogen (secondary N) is 1. The number of rotatable bonds is 4. The van der Waals surface area contributed by atoms with E-state index in [0.717, 1.165) is 19.4 Å². The Labute approximate surface area is 125 Å². The van der Waals surface area contributed by atoms with Crippen LogP contribution in [0.25, 0.3) is 0 Å². The Morgan fingerprint density at radius 1 is 1.19 bits per heavy atom. The summed E-state index contributed by atoms with van der Waals surface area (Å²) in [7, 11) is 2.19. The molecular weight excluding hydrogens is 270 g/mol. The van der Waals surface area contributed by atoms with Crippen molar-refractivity contribution in [3.8, 4) is 0 Å². The molecule has 0 spiro atoms. The monoisotopic (exact) mass is 294 g/mol. The van der Waals surface area contributed by atoms with E-state index in [1.807, 2.05) is 6.92 Å². The predicted molar refractivity (Wildman–Crippen MR) is 80.1 cm³/mol. The lowest BCUT2D eigenvalue weighted by Gasteiger charge is -2.40. The summed E-state index contributed by atoms with van der Waals surface area (Å²) in [5, 5.41) is 3.34. The predicted octanol–water partition coefficient (Wildman–Crippen LogP) is 3.49. The molecule has 2 aliphatic rings. The molecule has 116 valence electrons. The summed E-state index contributed by atoms with van der Waals surface area (Å²) < 4.78 is 28.4. The van der Waals surface area contributed by atoms with Gasteiger partial charge in [0, 0.05) is 23.7 Å². The van der Waals surface area contributed by atoms with Gasteiger partial charge in [-0.15, -0.1) is 0 Å². The molecule has 0 amide bonds. The van der Waals surface area contributed by atoms with Crippen molar-refractivity contribution in [3.05, 3.63) is 35.4 Å². The van der Waals surface area contributed by atoms with Gasteiger partial charge in [-0.05, 0) is 57.3 Å². The van der Waals surface area contributed by atoms with Crippen LogP contribution in [0.5, 0.6) is 0 Å². The second-order valence-corrected chi connectivity index (χ2v) is 6.45.